The molecule has 0 radical (unpaired) electrons. The minimum absolute atomic E-state index is 0.547. The van der Waals surface area contributed by atoms with Gasteiger partial charge in [-0.1, -0.05) is 35.5 Å². The van der Waals surface area contributed by atoms with Crippen LogP contribution >= 0.6 is 0 Å². The van der Waals surface area contributed by atoms with Crippen molar-refractivity contribution in [2.75, 3.05) is 13.1 Å². The molecule has 33 heavy (non-hydrogen) atoms. The number of benzene rings is 1. The van der Waals surface area contributed by atoms with Gasteiger partial charge in [-0.3, -0.25) is 4.90 Å². The average Bonchev–Trinajstić information content (AvgIpc) is 3.47. The predicted molar refractivity (Wildman–Crippen MR) is 122 cm³/mol. The first-order chi connectivity index (χ1) is 15.7. The molecule has 1 aromatic carbocycles. The first-order valence-corrected chi connectivity index (χ1v) is 10.8. The van der Waals surface area contributed by atoms with E-state index in [9.17, 15) is 0 Å². The molecule has 0 spiro atoms. The molecule has 1 aliphatic heterocycles. The molecule has 1 fully saturated rings. The van der Waals surface area contributed by atoms with Crippen LogP contribution in [-0.4, -0.2) is 55.9 Å². The van der Waals surface area contributed by atoms with E-state index in [0.717, 1.165) is 37.8 Å². The van der Waals surface area contributed by atoms with Crippen LogP contribution in [0, 0.1) is 20.8 Å². The molecule has 0 amide bonds. The highest BCUT2D eigenvalue weighted by Crippen LogP contribution is 2.21. The lowest BCUT2D eigenvalue weighted by molar-refractivity contribution is -0.159. The Morgan fingerprint density at radius 2 is 1.82 bits per heavy atom. The van der Waals surface area contributed by atoms with Gasteiger partial charge in [0.1, 0.15) is 5.76 Å². The summed E-state index contributed by atoms with van der Waals surface area (Å²) in [5.74, 6) is -1.95. The Kier molecular flexibility index (Phi) is 8.02. The Labute approximate surface area is 192 Å². The summed E-state index contributed by atoms with van der Waals surface area (Å²) in [5.41, 5.74) is 5.14. The number of hydrogen-bond donors (Lipinski definition) is 3. The highest BCUT2D eigenvalue weighted by atomic mass is 16.5. The number of likely N-dealkylation sites (tertiary alicyclic amines) is 1. The van der Waals surface area contributed by atoms with E-state index in [-0.39, 0.29) is 0 Å². The minimum atomic E-state index is -1.82. The Hall–Kier alpha value is -3.43. The lowest BCUT2D eigenvalue weighted by atomic mass is 10.2. The quantitative estimate of drug-likeness (QED) is 0.486. The first-order valence-electron chi connectivity index (χ1n) is 10.8. The second kappa shape index (κ2) is 10.9. The molecule has 1 aliphatic rings. The van der Waals surface area contributed by atoms with Gasteiger partial charge in [0.25, 0.3) is 0 Å². The van der Waals surface area contributed by atoms with Crippen LogP contribution in [0.15, 0.2) is 47.0 Å². The second-order valence-electron chi connectivity index (χ2n) is 8.23. The SMILES string of the molecule is Cc1cc(-n2c(C)cc(CNC3CCN(Cc4ccccc4)C3)c2C)no1.O=C(O)C(=O)O. The zero-order chi connectivity index (χ0) is 24.0. The van der Waals surface area contributed by atoms with Crippen LogP contribution in [0.3, 0.4) is 0 Å². The lowest BCUT2D eigenvalue weighted by Gasteiger charge is -2.17. The van der Waals surface area contributed by atoms with Crippen molar-refractivity contribution < 1.29 is 24.3 Å². The van der Waals surface area contributed by atoms with Crippen molar-refractivity contribution in [2.45, 2.75) is 46.3 Å². The van der Waals surface area contributed by atoms with Crippen LogP contribution in [0.4, 0.5) is 0 Å². The number of aryl methyl sites for hydroxylation is 2. The van der Waals surface area contributed by atoms with E-state index in [4.69, 9.17) is 24.3 Å². The zero-order valence-corrected chi connectivity index (χ0v) is 19.1. The molecule has 3 aromatic rings. The van der Waals surface area contributed by atoms with Gasteiger partial charge in [0.15, 0.2) is 5.82 Å². The number of carboxylic acid groups (broad SMARTS) is 2. The van der Waals surface area contributed by atoms with E-state index in [1.54, 1.807) is 0 Å². The third-order valence-electron chi connectivity index (χ3n) is 5.67. The summed E-state index contributed by atoms with van der Waals surface area (Å²) < 4.78 is 7.42. The molecular weight excluding hydrogens is 424 g/mol. The molecule has 0 bridgehead atoms. The van der Waals surface area contributed by atoms with E-state index in [0.29, 0.717) is 6.04 Å². The smallest absolute Gasteiger partial charge is 0.414 e. The summed E-state index contributed by atoms with van der Waals surface area (Å²) in [6, 6.07) is 15.5. The van der Waals surface area contributed by atoms with Crippen molar-refractivity contribution in [3.63, 3.8) is 0 Å². The third-order valence-corrected chi connectivity index (χ3v) is 5.67. The molecule has 1 saturated heterocycles. The summed E-state index contributed by atoms with van der Waals surface area (Å²) in [4.78, 5) is 20.7. The molecule has 9 heteroatoms. The number of rotatable bonds is 6. The fraction of sp³-hybridized carbons (Fsp3) is 0.375. The van der Waals surface area contributed by atoms with Gasteiger partial charge in [-0.15, -0.1) is 0 Å². The largest absolute Gasteiger partial charge is 0.473 e. The van der Waals surface area contributed by atoms with Crippen molar-refractivity contribution in [1.82, 2.24) is 19.9 Å². The average molecular weight is 455 g/mol. The van der Waals surface area contributed by atoms with E-state index >= 15 is 0 Å². The summed E-state index contributed by atoms with van der Waals surface area (Å²) >= 11 is 0. The van der Waals surface area contributed by atoms with Gasteiger partial charge < -0.3 is 24.6 Å². The summed E-state index contributed by atoms with van der Waals surface area (Å²) in [7, 11) is 0. The van der Waals surface area contributed by atoms with Gasteiger partial charge in [0.2, 0.25) is 0 Å². The molecule has 1 unspecified atom stereocenters. The molecule has 9 nitrogen and oxygen atoms in total. The standard InChI is InChI=1S/C22H28N4O.C2H2O4/c1-16-11-20(18(3)26(16)22-12-17(2)27-24-22)13-23-21-9-10-25(15-21)14-19-7-5-4-6-8-19;3-1(4)2(5)6/h4-8,11-12,21,23H,9-10,13-15H2,1-3H3;(H,3,4)(H,5,6). The van der Waals surface area contributed by atoms with Crippen molar-refractivity contribution >= 4 is 11.9 Å². The van der Waals surface area contributed by atoms with Crippen molar-refractivity contribution in [2.24, 2.45) is 0 Å². The van der Waals surface area contributed by atoms with Crippen molar-refractivity contribution in [3.8, 4) is 5.82 Å². The van der Waals surface area contributed by atoms with E-state index in [1.807, 2.05) is 13.0 Å². The lowest BCUT2D eigenvalue weighted by Crippen LogP contribution is -2.32. The van der Waals surface area contributed by atoms with Gasteiger partial charge in [-0.05, 0) is 44.4 Å². The Morgan fingerprint density at radius 3 is 2.42 bits per heavy atom. The van der Waals surface area contributed by atoms with Gasteiger partial charge in [0.05, 0.1) is 0 Å². The second-order valence-corrected chi connectivity index (χ2v) is 8.23. The molecule has 4 rings (SSSR count). The van der Waals surface area contributed by atoms with Gasteiger partial charge in [-0.25, -0.2) is 9.59 Å². The maximum atomic E-state index is 9.10. The molecule has 0 saturated carbocycles. The summed E-state index contributed by atoms with van der Waals surface area (Å²) in [6.07, 6.45) is 1.20. The Morgan fingerprint density at radius 1 is 1.12 bits per heavy atom. The van der Waals surface area contributed by atoms with E-state index in [2.05, 4.69) is 70.2 Å². The molecule has 1 atom stereocenters. The van der Waals surface area contributed by atoms with Crippen molar-refractivity contribution in [1.29, 1.82) is 0 Å². The highest BCUT2D eigenvalue weighted by Gasteiger charge is 2.22. The first kappa shape index (κ1) is 24.2. The van der Waals surface area contributed by atoms with Crippen LogP contribution in [0.25, 0.3) is 5.82 Å². The number of nitrogens with one attached hydrogen (secondary N) is 1. The monoisotopic (exact) mass is 454 g/mol. The van der Waals surface area contributed by atoms with Crippen LogP contribution < -0.4 is 5.32 Å². The summed E-state index contributed by atoms with van der Waals surface area (Å²) in [6.45, 7) is 10.4. The van der Waals surface area contributed by atoms with Gasteiger partial charge >= 0.3 is 11.9 Å². The summed E-state index contributed by atoms with van der Waals surface area (Å²) in [5, 5.41) is 22.7. The van der Waals surface area contributed by atoms with Gasteiger partial charge in [0, 0.05) is 49.7 Å². The topological polar surface area (TPSA) is 121 Å². The number of carboxylic acids is 2. The number of nitrogens with zero attached hydrogens (tertiary/aromatic N) is 3. The maximum absolute atomic E-state index is 9.10. The molecule has 2 aromatic heterocycles. The van der Waals surface area contributed by atoms with Crippen LogP contribution in [-0.2, 0) is 22.7 Å². The van der Waals surface area contributed by atoms with Crippen LogP contribution in [0.1, 0.15) is 34.7 Å². The number of aliphatic carboxylic acids is 2. The Balaban J connectivity index is 0.000000454. The zero-order valence-electron chi connectivity index (χ0n) is 19.1. The van der Waals surface area contributed by atoms with E-state index < -0.39 is 11.9 Å². The molecule has 0 aliphatic carbocycles. The Bertz CT molecular complexity index is 1080. The van der Waals surface area contributed by atoms with Crippen LogP contribution in [0.5, 0.6) is 0 Å². The number of aromatic nitrogens is 2. The van der Waals surface area contributed by atoms with Crippen molar-refractivity contribution in [3.05, 3.63) is 70.7 Å². The maximum Gasteiger partial charge on any atom is 0.414 e. The number of hydrogen-bond acceptors (Lipinski definition) is 6. The minimum Gasteiger partial charge on any atom is -0.473 e. The van der Waals surface area contributed by atoms with E-state index in [1.165, 1.54) is 28.9 Å². The van der Waals surface area contributed by atoms with Gasteiger partial charge in [-0.2, -0.15) is 0 Å². The molecule has 176 valence electrons. The predicted octanol–water partition coefficient (Wildman–Crippen LogP) is 2.91. The fourth-order valence-electron chi connectivity index (χ4n) is 4.06. The molecule has 3 heterocycles. The third kappa shape index (κ3) is 6.53. The highest BCUT2D eigenvalue weighted by molar-refractivity contribution is 6.27. The molecule has 3 N–H and O–H groups in total. The molecular formula is C24H30N4O5. The normalized spacial score (nSPS) is 15.8. The van der Waals surface area contributed by atoms with Crippen LogP contribution in [0.2, 0.25) is 0 Å². The fourth-order valence-corrected chi connectivity index (χ4v) is 4.06. The number of carbonyl (C=O) groups is 2.